The predicted molar refractivity (Wildman–Crippen MR) is 102 cm³/mol. The molecule has 0 atom stereocenters. The Morgan fingerprint density at radius 1 is 1.07 bits per heavy atom. The summed E-state index contributed by atoms with van der Waals surface area (Å²) in [6.45, 7) is 3.37. The van der Waals surface area contributed by atoms with E-state index in [1.807, 2.05) is 11.0 Å². The van der Waals surface area contributed by atoms with Crippen LogP contribution < -0.4 is 4.90 Å². The molecule has 2 aromatic rings. The number of nitriles is 1. The van der Waals surface area contributed by atoms with Crippen LogP contribution in [0, 0.1) is 18.3 Å². The number of rotatable bonds is 3. The van der Waals surface area contributed by atoms with Crippen molar-refractivity contribution in [2.45, 2.75) is 6.92 Å². The summed E-state index contributed by atoms with van der Waals surface area (Å²) in [5, 5.41) is 9.07. The van der Waals surface area contributed by atoms with Gasteiger partial charge in [-0.2, -0.15) is 5.26 Å². The molecule has 0 radical (unpaired) electrons. The molecule has 1 fully saturated rings. The molecule has 0 saturated carbocycles. The normalized spacial score (nSPS) is 16.1. The number of piperazine rings is 1. The number of nitrogens with zero attached hydrogens (tertiary/aromatic N) is 6. The molecular weight excluding hydrogens is 372 g/mol. The Labute approximate surface area is 167 Å². The molecule has 146 valence electrons. The maximum Gasteiger partial charge on any atom is 0.262 e. The molecule has 29 heavy (non-hydrogen) atoms. The lowest BCUT2D eigenvalue weighted by Crippen LogP contribution is -2.52. The highest BCUT2D eigenvalue weighted by molar-refractivity contribution is 6.22. The topological polar surface area (TPSA) is 111 Å². The summed E-state index contributed by atoms with van der Waals surface area (Å²) in [7, 11) is 0. The smallest absolute Gasteiger partial charge is 0.262 e. The van der Waals surface area contributed by atoms with Gasteiger partial charge in [-0.15, -0.1) is 0 Å². The van der Waals surface area contributed by atoms with E-state index in [4.69, 9.17) is 5.26 Å². The SMILES string of the molecule is Cc1cc(C#N)nc(N2CCN(C(=O)CN3C(=O)c4ccccc4C3=O)CC2)n1. The van der Waals surface area contributed by atoms with Gasteiger partial charge in [0.15, 0.2) is 0 Å². The fourth-order valence-electron chi connectivity index (χ4n) is 3.53. The van der Waals surface area contributed by atoms with Gasteiger partial charge in [0.1, 0.15) is 18.3 Å². The molecule has 2 aliphatic heterocycles. The van der Waals surface area contributed by atoms with Crippen molar-refractivity contribution in [3.63, 3.8) is 0 Å². The largest absolute Gasteiger partial charge is 0.338 e. The molecule has 0 unspecified atom stereocenters. The van der Waals surface area contributed by atoms with E-state index in [2.05, 4.69) is 9.97 Å². The number of aromatic nitrogens is 2. The first-order valence-corrected chi connectivity index (χ1v) is 9.21. The van der Waals surface area contributed by atoms with E-state index in [-0.39, 0.29) is 12.5 Å². The summed E-state index contributed by atoms with van der Waals surface area (Å²) in [5.74, 6) is -0.680. The third-order valence-electron chi connectivity index (χ3n) is 5.04. The number of hydrogen-bond donors (Lipinski definition) is 0. The summed E-state index contributed by atoms with van der Waals surface area (Å²) in [6.07, 6.45) is 0. The Kier molecular flexibility index (Phi) is 4.68. The Hall–Kier alpha value is -3.80. The molecule has 3 amide bonds. The van der Waals surface area contributed by atoms with Crippen LogP contribution in [-0.2, 0) is 4.79 Å². The average Bonchev–Trinajstić information content (AvgIpc) is 2.98. The number of amides is 3. The molecule has 1 aromatic heterocycles. The lowest BCUT2D eigenvalue weighted by Gasteiger charge is -2.35. The minimum Gasteiger partial charge on any atom is -0.338 e. The van der Waals surface area contributed by atoms with Crippen LogP contribution in [0.1, 0.15) is 32.1 Å². The molecule has 0 spiro atoms. The van der Waals surface area contributed by atoms with Gasteiger partial charge in [-0.25, -0.2) is 9.97 Å². The van der Waals surface area contributed by atoms with Crippen LogP contribution in [0.2, 0.25) is 0 Å². The minimum atomic E-state index is -0.435. The zero-order chi connectivity index (χ0) is 20.5. The summed E-state index contributed by atoms with van der Waals surface area (Å²) < 4.78 is 0. The zero-order valence-corrected chi connectivity index (χ0v) is 15.8. The first-order valence-electron chi connectivity index (χ1n) is 9.21. The van der Waals surface area contributed by atoms with Crippen molar-refractivity contribution < 1.29 is 14.4 Å². The van der Waals surface area contributed by atoms with Crippen LogP contribution in [0.15, 0.2) is 30.3 Å². The number of fused-ring (bicyclic) bond motifs is 1. The quantitative estimate of drug-likeness (QED) is 0.706. The Bertz CT molecular complexity index is 1020. The third-order valence-corrected chi connectivity index (χ3v) is 5.04. The number of anilines is 1. The monoisotopic (exact) mass is 390 g/mol. The molecule has 0 N–H and O–H groups in total. The molecule has 9 heteroatoms. The second-order valence-electron chi connectivity index (χ2n) is 6.92. The van der Waals surface area contributed by atoms with E-state index in [0.717, 1.165) is 4.90 Å². The Morgan fingerprint density at radius 2 is 1.69 bits per heavy atom. The highest BCUT2D eigenvalue weighted by Gasteiger charge is 2.37. The summed E-state index contributed by atoms with van der Waals surface area (Å²) in [4.78, 5) is 50.7. The molecule has 9 nitrogen and oxygen atoms in total. The van der Waals surface area contributed by atoms with Gasteiger partial charge in [0.2, 0.25) is 11.9 Å². The van der Waals surface area contributed by atoms with Crippen LogP contribution in [0.3, 0.4) is 0 Å². The van der Waals surface area contributed by atoms with Crippen LogP contribution >= 0.6 is 0 Å². The second-order valence-corrected chi connectivity index (χ2v) is 6.92. The third kappa shape index (κ3) is 3.40. The molecule has 1 saturated heterocycles. The molecular formula is C20H18N6O3. The predicted octanol–water partition coefficient (Wildman–Crippen LogP) is 0.601. The molecule has 2 aliphatic rings. The van der Waals surface area contributed by atoms with Gasteiger partial charge < -0.3 is 9.80 Å². The van der Waals surface area contributed by atoms with Gasteiger partial charge in [0.25, 0.3) is 11.8 Å². The van der Waals surface area contributed by atoms with Crippen molar-refractivity contribution in [2.24, 2.45) is 0 Å². The van der Waals surface area contributed by atoms with Crippen molar-refractivity contribution in [1.29, 1.82) is 5.26 Å². The van der Waals surface area contributed by atoms with E-state index in [1.54, 1.807) is 42.2 Å². The van der Waals surface area contributed by atoms with Gasteiger partial charge in [-0.3, -0.25) is 19.3 Å². The van der Waals surface area contributed by atoms with Crippen molar-refractivity contribution in [3.8, 4) is 6.07 Å². The lowest BCUT2D eigenvalue weighted by molar-refractivity contribution is -0.131. The van der Waals surface area contributed by atoms with E-state index in [0.29, 0.717) is 54.6 Å². The zero-order valence-electron chi connectivity index (χ0n) is 15.8. The van der Waals surface area contributed by atoms with Crippen LogP contribution in [-0.4, -0.2) is 70.2 Å². The number of aryl methyl sites for hydroxylation is 1. The number of imide groups is 1. The number of hydrogen-bond acceptors (Lipinski definition) is 7. The summed E-state index contributed by atoms with van der Waals surface area (Å²) in [6, 6.07) is 10.2. The van der Waals surface area contributed by atoms with E-state index >= 15 is 0 Å². The fourth-order valence-corrected chi connectivity index (χ4v) is 3.53. The fraction of sp³-hybridized carbons (Fsp3) is 0.300. The Morgan fingerprint density at radius 3 is 2.28 bits per heavy atom. The van der Waals surface area contributed by atoms with E-state index in [1.165, 1.54) is 0 Å². The summed E-state index contributed by atoms with van der Waals surface area (Å²) >= 11 is 0. The number of carbonyl (C=O) groups excluding carboxylic acids is 3. The van der Waals surface area contributed by atoms with Crippen molar-refractivity contribution in [3.05, 3.63) is 52.8 Å². The van der Waals surface area contributed by atoms with Gasteiger partial charge in [0, 0.05) is 31.9 Å². The highest BCUT2D eigenvalue weighted by atomic mass is 16.2. The standard InChI is InChI=1S/C20H18N6O3/c1-13-10-14(11-21)23-20(22-13)25-8-6-24(7-9-25)17(27)12-26-18(28)15-4-2-3-5-16(15)19(26)29/h2-5,10H,6-9,12H2,1H3. The Balaban J connectivity index is 1.39. The molecule has 3 heterocycles. The average molecular weight is 390 g/mol. The first-order chi connectivity index (χ1) is 14.0. The van der Waals surface area contributed by atoms with Crippen LogP contribution in [0.5, 0.6) is 0 Å². The minimum absolute atomic E-state index is 0.272. The first kappa shape index (κ1) is 18.6. The molecule has 0 bridgehead atoms. The lowest BCUT2D eigenvalue weighted by atomic mass is 10.1. The molecule has 1 aromatic carbocycles. The van der Waals surface area contributed by atoms with Crippen LogP contribution in [0.25, 0.3) is 0 Å². The van der Waals surface area contributed by atoms with E-state index in [9.17, 15) is 14.4 Å². The van der Waals surface area contributed by atoms with Gasteiger partial charge >= 0.3 is 0 Å². The van der Waals surface area contributed by atoms with Gasteiger partial charge in [-0.1, -0.05) is 12.1 Å². The highest BCUT2D eigenvalue weighted by Crippen LogP contribution is 2.22. The van der Waals surface area contributed by atoms with Crippen molar-refractivity contribution in [1.82, 2.24) is 19.8 Å². The van der Waals surface area contributed by atoms with Crippen molar-refractivity contribution in [2.75, 3.05) is 37.6 Å². The summed E-state index contributed by atoms with van der Waals surface area (Å²) in [5.41, 5.74) is 1.67. The maximum atomic E-state index is 12.7. The van der Waals surface area contributed by atoms with E-state index < -0.39 is 11.8 Å². The number of carbonyl (C=O) groups is 3. The number of benzene rings is 1. The van der Waals surface area contributed by atoms with Gasteiger partial charge in [-0.05, 0) is 25.1 Å². The van der Waals surface area contributed by atoms with Crippen LogP contribution in [0.4, 0.5) is 5.95 Å². The second kappa shape index (κ2) is 7.31. The maximum absolute atomic E-state index is 12.7. The van der Waals surface area contributed by atoms with Gasteiger partial charge in [0.05, 0.1) is 11.1 Å². The van der Waals surface area contributed by atoms with Crippen molar-refractivity contribution >= 4 is 23.7 Å². The molecule has 4 rings (SSSR count). The molecule has 0 aliphatic carbocycles.